The van der Waals surface area contributed by atoms with E-state index in [0.29, 0.717) is 5.56 Å². The van der Waals surface area contributed by atoms with Crippen LogP contribution in [0.4, 0.5) is 8.78 Å². The molecule has 0 fully saturated rings. The van der Waals surface area contributed by atoms with Gasteiger partial charge in [-0.15, -0.1) is 0 Å². The van der Waals surface area contributed by atoms with Crippen LogP contribution >= 0.6 is 0 Å². The molecule has 0 saturated carbocycles. The SMILES string of the molecule is CON=Cc1[c]cc(F)c(F)c1. The molecule has 0 unspecified atom stereocenters. The van der Waals surface area contributed by atoms with Crippen LogP contribution in [-0.2, 0) is 4.84 Å². The molecule has 0 bridgehead atoms. The summed E-state index contributed by atoms with van der Waals surface area (Å²) in [5.41, 5.74) is 0.329. The molecule has 0 N–H and O–H groups in total. The highest BCUT2D eigenvalue weighted by atomic mass is 19.2. The summed E-state index contributed by atoms with van der Waals surface area (Å²) in [6.07, 6.45) is 1.24. The normalized spacial score (nSPS) is 10.6. The molecule has 12 heavy (non-hydrogen) atoms. The van der Waals surface area contributed by atoms with Crippen molar-refractivity contribution in [1.29, 1.82) is 0 Å². The standard InChI is InChI=1S/C8H6F2NO/c1-12-11-5-6-2-3-7(9)8(10)4-6/h3-5H,1H3. The van der Waals surface area contributed by atoms with Crippen LogP contribution in [-0.4, -0.2) is 13.3 Å². The minimum atomic E-state index is -0.926. The Balaban J connectivity index is 2.89. The zero-order chi connectivity index (χ0) is 8.97. The second-order valence-corrected chi connectivity index (χ2v) is 2.00. The van der Waals surface area contributed by atoms with Crippen LogP contribution in [0.25, 0.3) is 0 Å². The zero-order valence-corrected chi connectivity index (χ0v) is 6.34. The van der Waals surface area contributed by atoms with E-state index in [2.05, 4.69) is 16.1 Å². The van der Waals surface area contributed by atoms with Crippen molar-refractivity contribution in [3.63, 3.8) is 0 Å². The average molecular weight is 170 g/mol. The van der Waals surface area contributed by atoms with Gasteiger partial charge in [-0.25, -0.2) is 8.78 Å². The molecule has 1 aromatic rings. The zero-order valence-electron chi connectivity index (χ0n) is 6.34. The van der Waals surface area contributed by atoms with E-state index in [1.807, 2.05) is 0 Å². The van der Waals surface area contributed by atoms with Crippen LogP contribution in [0.1, 0.15) is 5.56 Å². The molecule has 0 saturated heterocycles. The number of hydrogen-bond acceptors (Lipinski definition) is 2. The lowest BCUT2D eigenvalue weighted by atomic mass is 10.2. The maximum Gasteiger partial charge on any atom is 0.159 e. The molecular weight excluding hydrogens is 164 g/mol. The van der Waals surface area contributed by atoms with Gasteiger partial charge in [-0.3, -0.25) is 0 Å². The number of hydrogen-bond donors (Lipinski definition) is 0. The molecule has 2 nitrogen and oxygen atoms in total. The van der Waals surface area contributed by atoms with Crippen molar-refractivity contribution in [1.82, 2.24) is 0 Å². The van der Waals surface area contributed by atoms with Crippen molar-refractivity contribution < 1.29 is 13.6 Å². The first-order valence-electron chi connectivity index (χ1n) is 3.17. The molecular formula is C8H6F2NO. The highest BCUT2D eigenvalue weighted by molar-refractivity contribution is 5.78. The Kier molecular flexibility index (Phi) is 2.74. The third-order valence-corrected chi connectivity index (χ3v) is 1.17. The highest BCUT2D eigenvalue weighted by Gasteiger charge is 2.00. The fraction of sp³-hybridized carbons (Fsp3) is 0.125. The quantitative estimate of drug-likeness (QED) is 0.489. The number of nitrogens with zero attached hydrogens (tertiary/aromatic N) is 1. The van der Waals surface area contributed by atoms with Crippen LogP contribution in [0.5, 0.6) is 0 Å². The fourth-order valence-corrected chi connectivity index (χ4v) is 0.647. The van der Waals surface area contributed by atoms with Crippen molar-refractivity contribution in [3.8, 4) is 0 Å². The van der Waals surface area contributed by atoms with Crippen LogP contribution in [0.15, 0.2) is 17.3 Å². The average Bonchev–Trinajstić information content (AvgIpc) is 2.07. The van der Waals surface area contributed by atoms with Crippen LogP contribution < -0.4 is 0 Å². The van der Waals surface area contributed by atoms with Gasteiger partial charge in [0.1, 0.15) is 7.11 Å². The molecule has 0 atom stereocenters. The van der Waals surface area contributed by atoms with Gasteiger partial charge in [0.15, 0.2) is 11.6 Å². The monoisotopic (exact) mass is 170 g/mol. The molecule has 0 heterocycles. The Bertz CT molecular complexity index is 299. The van der Waals surface area contributed by atoms with Crippen LogP contribution in [0, 0.1) is 17.7 Å². The van der Waals surface area contributed by atoms with E-state index in [-0.39, 0.29) is 0 Å². The lowest BCUT2D eigenvalue weighted by Crippen LogP contribution is -1.88. The summed E-state index contributed by atoms with van der Waals surface area (Å²) in [6, 6.07) is 4.36. The smallest absolute Gasteiger partial charge is 0.159 e. The van der Waals surface area contributed by atoms with E-state index in [9.17, 15) is 8.78 Å². The second-order valence-electron chi connectivity index (χ2n) is 2.00. The van der Waals surface area contributed by atoms with Gasteiger partial charge in [-0.2, -0.15) is 0 Å². The first-order valence-corrected chi connectivity index (χ1v) is 3.17. The first kappa shape index (κ1) is 8.64. The van der Waals surface area contributed by atoms with Gasteiger partial charge < -0.3 is 4.84 Å². The van der Waals surface area contributed by atoms with E-state index in [1.54, 1.807) is 0 Å². The first-order chi connectivity index (χ1) is 5.74. The Labute approximate surface area is 68.5 Å². The van der Waals surface area contributed by atoms with E-state index in [0.717, 1.165) is 12.1 Å². The lowest BCUT2D eigenvalue weighted by Gasteiger charge is -1.93. The van der Waals surface area contributed by atoms with Crippen molar-refractivity contribution in [2.75, 3.05) is 7.11 Å². The van der Waals surface area contributed by atoms with Gasteiger partial charge in [0.25, 0.3) is 0 Å². The summed E-state index contributed by atoms with van der Waals surface area (Å²) in [5, 5.41) is 3.37. The summed E-state index contributed by atoms with van der Waals surface area (Å²) < 4.78 is 24.8. The minimum absolute atomic E-state index is 0.329. The van der Waals surface area contributed by atoms with Gasteiger partial charge in [0.05, 0.1) is 6.21 Å². The third kappa shape index (κ3) is 2.02. The minimum Gasteiger partial charge on any atom is -0.399 e. The molecule has 0 aliphatic heterocycles. The van der Waals surface area contributed by atoms with Gasteiger partial charge in [0, 0.05) is 5.56 Å². The van der Waals surface area contributed by atoms with Crippen molar-refractivity contribution in [3.05, 3.63) is 35.4 Å². The van der Waals surface area contributed by atoms with Crippen LogP contribution in [0.3, 0.4) is 0 Å². The van der Waals surface area contributed by atoms with E-state index in [4.69, 9.17) is 0 Å². The maximum absolute atomic E-state index is 12.5. The van der Waals surface area contributed by atoms with E-state index in [1.165, 1.54) is 13.3 Å². The maximum atomic E-state index is 12.5. The highest BCUT2D eigenvalue weighted by Crippen LogP contribution is 2.05. The molecule has 0 spiro atoms. The van der Waals surface area contributed by atoms with Gasteiger partial charge in [0.2, 0.25) is 0 Å². The largest absolute Gasteiger partial charge is 0.399 e. The molecule has 4 heteroatoms. The Hall–Kier alpha value is -1.45. The number of benzene rings is 1. The predicted octanol–water partition coefficient (Wildman–Crippen LogP) is 1.75. The topological polar surface area (TPSA) is 21.6 Å². The summed E-state index contributed by atoms with van der Waals surface area (Å²) in [5.74, 6) is -1.85. The molecule has 0 aliphatic rings. The number of oxime groups is 1. The van der Waals surface area contributed by atoms with E-state index < -0.39 is 11.6 Å². The molecule has 0 amide bonds. The number of rotatable bonds is 2. The van der Waals surface area contributed by atoms with Crippen LogP contribution in [0.2, 0.25) is 0 Å². The fourth-order valence-electron chi connectivity index (χ4n) is 0.647. The molecule has 0 aromatic heterocycles. The summed E-state index contributed by atoms with van der Waals surface area (Å²) in [7, 11) is 1.36. The van der Waals surface area contributed by atoms with Gasteiger partial charge in [-0.05, 0) is 18.2 Å². The van der Waals surface area contributed by atoms with Gasteiger partial charge >= 0.3 is 0 Å². The van der Waals surface area contributed by atoms with E-state index >= 15 is 0 Å². The van der Waals surface area contributed by atoms with Crippen molar-refractivity contribution >= 4 is 6.21 Å². The Morgan fingerprint density at radius 2 is 2.25 bits per heavy atom. The van der Waals surface area contributed by atoms with Crippen molar-refractivity contribution in [2.45, 2.75) is 0 Å². The van der Waals surface area contributed by atoms with Gasteiger partial charge in [-0.1, -0.05) is 5.16 Å². The molecule has 1 rings (SSSR count). The summed E-state index contributed by atoms with van der Waals surface area (Å²) in [4.78, 5) is 4.35. The molecule has 1 radical (unpaired) electrons. The Morgan fingerprint density at radius 3 is 2.83 bits per heavy atom. The second kappa shape index (κ2) is 3.80. The summed E-state index contributed by atoms with van der Waals surface area (Å²) in [6.45, 7) is 0. The lowest BCUT2D eigenvalue weighted by molar-refractivity contribution is 0.215. The number of halogens is 2. The molecule has 1 aromatic carbocycles. The molecule has 0 aliphatic carbocycles. The Morgan fingerprint density at radius 1 is 1.50 bits per heavy atom. The van der Waals surface area contributed by atoms with Crippen molar-refractivity contribution in [2.24, 2.45) is 5.16 Å². The third-order valence-electron chi connectivity index (χ3n) is 1.17. The predicted molar refractivity (Wildman–Crippen MR) is 39.8 cm³/mol. The molecule has 63 valence electrons. The summed E-state index contributed by atoms with van der Waals surface area (Å²) >= 11 is 0.